The Balaban J connectivity index is 2.28. The summed E-state index contributed by atoms with van der Waals surface area (Å²) in [5.74, 6) is 0. The number of hydrogen-bond donors (Lipinski definition) is 2. The molecule has 19 heavy (non-hydrogen) atoms. The maximum absolute atomic E-state index is 6.18. The molecule has 1 unspecified atom stereocenters. The van der Waals surface area contributed by atoms with Crippen molar-refractivity contribution in [2.75, 3.05) is 11.1 Å². The Hall–Kier alpha value is -1.09. The van der Waals surface area contributed by atoms with Crippen LogP contribution in [0.2, 0.25) is 15.1 Å². The normalized spacial score (nSPS) is 12.2. The van der Waals surface area contributed by atoms with Crippen LogP contribution in [0.15, 0.2) is 36.4 Å². The molecule has 1 atom stereocenters. The first-order chi connectivity index (χ1) is 8.99. The van der Waals surface area contributed by atoms with Crippen LogP contribution in [0.1, 0.15) is 18.5 Å². The first kappa shape index (κ1) is 14.3. The van der Waals surface area contributed by atoms with Gasteiger partial charge in [0.25, 0.3) is 0 Å². The van der Waals surface area contributed by atoms with Crippen LogP contribution in [-0.2, 0) is 0 Å². The van der Waals surface area contributed by atoms with E-state index < -0.39 is 0 Å². The quantitative estimate of drug-likeness (QED) is 0.744. The topological polar surface area (TPSA) is 38.0 Å². The molecule has 3 N–H and O–H groups in total. The number of nitrogens with one attached hydrogen (secondary N) is 1. The highest BCUT2D eigenvalue weighted by atomic mass is 35.5. The number of benzene rings is 2. The van der Waals surface area contributed by atoms with Gasteiger partial charge in [0.05, 0.1) is 22.4 Å². The number of nitrogen functional groups attached to an aromatic ring is 1. The van der Waals surface area contributed by atoms with Gasteiger partial charge in [-0.2, -0.15) is 0 Å². The second-order valence-electron chi connectivity index (χ2n) is 4.24. The molecule has 2 aromatic carbocycles. The van der Waals surface area contributed by atoms with Gasteiger partial charge in [0.15, 0.2) is 0 Å². The Bertz CT molecular complexity index is 579. The van der Waals surface area contributed by atoms with Crippen molar-refractivity contribution in [2.24, 2.45) is 0 Å². The number of nitrogens with two attached hydrogens (primary N) is 1. The zero-order valence-electron chi connectivity index (χ0n) is 10.3. The summed E-state index contributed by atoms with van der Waals surface area (Å²) < 4.78 is 0. The molecule has 0 amide bonds. The molecule has 5 heteroatoms. The SMILES string of the molecule is CC(Nc1c(N)cccc1Cl)c1ccc(Cl)cc1Cl. The Kier molecular flexibility index (Phi) is 4.46. The average molecular weight is 316 g/mol. The molecule has 0 aliphatic heterocycles. The van der Waals surface area contributed by atoms with Crippen molar-refractivity contribution in [3.8, 4) is 0 Å². The van der Waals surface area contributed by atoms with Crippen LogP contribution in [0.3, 0.4) is 0 Å². The second kappa shape index (κ2) is 5.91. The smallest absolute Gasteiger partial charge is 0.0767 e. The van der Waals surface area contributed by atoms with Crippen molar-refractivity contribution in [2.45, 2.75) is 13.0 Å². The number of halogens is 3. The van der Waals surface area contributed by atoms with Crippen LogP contribution in [0.25, 0.3) is 0 Å². The lowest BCUT2D eigenvalue weighted by atomic mass is 10.1. The van der Waals surface area contributed by atoms with Crippen molar-refractivity contribution >= 4 is 46.2 Å². The molecule has 2 rings (SSSR count). The fourth-order valence-electron chi connectivity index (χ4n) is 1.84. The molecule has 0 aliphatic carbocycles. The van der Waals surface area contributed by atoms with Crippen LogP contribution >= 0.6 is 34.8 Å². The minimum Gasteiger partial charge on any atom is -0.397 e. The van der Waals surface area contributed by atoms with Gasteiger partial charge in [0.2, 0.25) is 0 Å². The Morgan fingerprint density at radius 3 is 2.42 bits per heavy atom. The van der Waals surface area contributed by atoms with Gasteiger partial charge in [0.1, 0.15) is 0 Å². The maximum atomic E-state index is 6.18. The lowest BCUT2D eigenvalue weighted by Crippen LogP contribution is -2.09. The zero-order valence-corrected chi connectivity index (χ0v) is 12.5. The summed E-state index contributed by atoms with van der Waals surface area (Å²) >= 11 is 18.2. The third-order valence-electron chi connectivity index (χ3n) is 2.84. The molecule has 2 aromatic rings. The number of rotatable bonds is 3. The first-order valence-electron chi connectivity index (χ1n) is 5.74. The number of para-hydroxylation sites is 1. The standard InChI is InChI=1S/C14H13Cl3N2/c1-8(10-6-5-9(15)7-12(10)17)19-14-11(16)3-2-4-13(14)18/h2-8,19H,18H2,1H3. The highest BCUT2D eigenvalue weighted by molar-refractivity contribution is 6.35. The molecule has 0 saturated heterocycles. The van der Waals surface area contributed by atoms with Gasteiger partial charge in [-0.15, -0.1) is 0 Å². The minimum atomic E-state index is -0.0352. The van der Waals surface area contributed by atoms with E-state index in [0.717, 1.165) is 5.56 Å². The molecule has 0 saturated carbocycles. The van der Waals surface area contributed by atoms with Gasteiger partial charge in [-0.1, -0.05) is 46.9 Å². The van der Waals surface area contributed by atoms with Gasteiger partial charge in [-0.05, 0) is 36.8 Å². The third-order valence-corrected chi connectivity index (χ3v) is 3.71. The van der Waals surface area contributed by atoms with Crippen LogP contribution in [0, 0.1) is 0 Å². The van der Waals surface area contributed by atoms with Crippen molar-refractivity contribution < 1.29 is 0 Å². The molecule has 0 aromatic heterocycles. The van der Waals surface area contributed by atoms with Crippen molar-refractivity contribution in [1.82, 2.24) is 0 Å². The van der Waals surface area contributed by atoms with E-state index in [9.17, 15) is 0 Å². The van der Waals surface area contributed by atoms with E-state index in [1.165, 1.54) is 0 Å². The monoisotopic (exact) mass is 314 g/mol. The van der Waals surface area contributed by atoms with E-state index in [1.807, 2.05) is 19.1 Å². The van der Waals surface area contributed by atoms with E-state index >= 15 is 0 Å². The number of anilines is 2. The van der Waals surface area contributed by atoms with Crippen LogP contribution in [-0.4, -0.2) is 0 Å². The summed E-state index contributed by atoms with van der Waals surface area (Å²) in [7, 11) is 0. The highest BCUT2D eigenvalue weighted by Crippen LogP contribution is 2.33. The number of hydrogen-bond acceptors (Lipinski definition) is 2. The third kappa shape index (κ3) is 3.27. The minimum absolute atomic E-state index is 0.0352. The van der Waals surface area contributed by atoms with Gasteiger partial charge in [-0.25, -0.2) is 0 Å². The predicted molar refractivity (Wildman–Crippen MR) is 84.4 cm³/mol. The average Bonchev–Trinajstić information content (AvgIpc) is 2.33. The maximum Gasteiger partial charge on any atom is 0.0767 e. The van der Waals surface area contributed by atoms with Crippen LogP contribution in [0.4, 0.5) is 11.4 Å². The summed E-state index contributed by atoms with van der Waals surface area (Å²) in [5, 5.41) is 5.07. The fourth-order valence-corrected chi connectivity index (χ4v) is 2.65. The Labute approximate surface area is 127 Å². The van der Waals surface area contributed by atoms with E-state index in [0.29, 0.717) is 26.4 Å². The van der Waals surface area contributed by atoms with Gasteiger partial charge < -0.3 is 11.1 Å². The summed E-state index contributed by atoms with van der Waals surface area (Å²) in [6.07, 6.45) is 0. The summed E-state index contributed by atoms with van der Waals surface area (Å²) in [5.41, 5.74) is 8.16. The van der Waals surface area contributed by atoms with E-state index in [2.05, 4.69) is 5.32 Å². The molecule has 2 nitrogen and oxygen atoms in total. The molecule has 0 aliphatic rings. The lowest BCUT2D eigenvalue weighted by molar-refractivity contribution is 0.886. The van der Waals surface area contributed by atoms with Crippen molar-refractivity contribution in [1.29, 1.82) is 0 Å². The zero-order chi connectivity index (χ0) is 14.0. The molecule has 0 heterocycles. The summed E-state index contributed by atoms with van der Waals surface area (Å²) in [6.45, 7) is 1.98. The van der Waals surface area contributed by atoms with E-state index in [4.69, 9.17) is 40.5 Å². The Morgan fingerprint density at radius 1 is 1.05 bits per heavy atom. The first-order valence-corrected chi connectivity index (χ1v) is 6.88. The molecule has 0 spiro atoms. The van der Waals surface area contributed by atoms with Crippen LogP contribution in [0.5, 0.6) is 0 Å². The van der Waals surface area contributed by atoms with Gasteiger partial charge >= 0.3 is 0 Å². The molecule has 0 fully saturated rings. The van der Waals surface area contributed by atoms with Crippen LogP contribution < -0.4 is 11.1 Å². The lowest BCUT2D eigenvalue weighted by Gasteiger charge is -2.19. The Morgan fingerprint density at radius 2 is 1.79 bits per heavy atom. The predicted octanol–water partition coefficient (Wildman–Crippen LogP) is 5.40. The largest absolute Gasteiger partial charge is 0.397 e. The molecule has 100 valence electrons. The van der Waals surface area contributed by atoms with E-state index in [1.54, 1.807) is 24.3 Å². The van der Waals surface area contributed by atoms with Crippen molar-refractivity contribution in [3.05, 3.63) is 57.0 Å². The molecular weight excluding hydrogens is 303 g/mol. The molecular formula is C14H13Cl3N2. The van der Waals surface area contributed by atoms with Gasteiger partial charge in [0, 0.05) is 10.0 Å². The van der Waals surface area contributed by atoms with E-state index in [-0.39, 0.29) is 6.04 Å². The highest BCUT2D eigenvalue weighted by Gasteiger charge is 2.13. The fraction of sp³-hybridized carbons (Fsp3) is 0.143. The van der Waals surface area contributed by atoms with Gasteiger partial charge in [-0.3, -0.25) is 0 Å². The molecule has 0 bridgehead atoms. The molecule has 0 radical (unpaired) electrons. The van der Waals surface area contributed by atoms with Crippen molar-refractivity contribution in [3.63, 3.8) is 0 Å². The second-order valence-corrected chi connectivity index (χ2v) is 5.49. The summed E-state index contributed by atoms with van der Waals surface area (Å²) in [4.78, 5) is 0. The summed E-state index contributed by atoms with van der Waals surface area (Å²) in [6, 6.07) is 10.8.